The Labute approximate surface area is 238 Å². The molecule has 0 spiro atoms. The first-order valence-electron chi connectivity index (χ1n) is 15.0. The van der Waals surface area contributed by atoms with Crippen molar-refractivity contribution in [3.8, 4) is 0 Å². The van der Waals surface area contributed by atoms with Crippen molar-refractivity contribution in [2.75, 3.05) is 20.3 Å². The maximum absolute atomic E-state index is 14.1. The summed E-state index contributed by atoms with van der Waals surface area (Å²) in [7, 11) is 1.23. The third kappa shape index (κ3) is 7.55. The van der Waals surface area contributed by atoms with Gasteiger partial charge in [0, 0.05) is 18.9 Å². The maximum atomic E-state index is 14.1. The molecule has 0 bridgehead atoms. The second-order valence-corrected chi connectivity index (χ2v) is 12.9. The van der Waals surface area contributed by atoms with E-state index in [2.05, 4.69) is 15.4 Å². The van der Waals surface area contributed by atoms with E-state index < -0.39 is 35.6 Å². The van der Waals surface area contributed by atoms with Gasteiger partial charge in [0.2, 0.25) is 11.8 Å². The van der Waals surface area contributed by atoms with E-state index in [0.717, 1.165) is 51.4 Å². The molecule has 10 nitrogen and oxygen atoms in total. The van der Waals surface area contributed by atoms with E-state index >= 15 is 0 Å². The molecule has 6 atom stereocenters. The van der Waals surface area contributed by atoms with E-state index in [1.165, 1.54) is 7.11 Å². The van der Waals surface area contributed by atoms with E-state index in [-0.39, 0.29) is 54.3 Å². The number of hydrogen-bond acceptors (Lipinski definition) is 7. The third-order valence-electron chi connectivity index (χ3n) is 9.08. The number of Topliss-reactive ketones (excluding diaryl/α,β-unsaturated/α-hetero) is 1. The van der Waals surface area contributed by atoms with E-state index in [1.807, 2.05) is 20.8 Å². The van der Waals surface area contributed by atoms with Gasteiger partial charge < -0.3 is 25.0 Å². The summed E-state index contributed by atoms with van der Waals surface area (Å²) in [5, 5.41) is 5.53. The predicted octanol–water partition coefficient (Wildman–Crippen LogP) is 3.61. The number of carbonyl (C=O) groups is 5. The van der Waals surface area contributed by atoms with Crippen molar-refractivity contribution in [3.63, 3.8) is 0 Å². The highest BCUT2D eigenvalue weighted by atomic mass is 16.5. The number of alkyl carbamates (subject to hydrolysis) is 1. The SMILES string of the molecule is CCOC(=O)C1[C@H]2CCC[C@H]2CN1C(=O)[C@@H](NC(=O)[C@@H](CC(=O)[C@@H](C)NC(=O)OC)C1CCCCC1)C(C)(C)C. The number of nitrogens with one attached hydrogen (secondary N) is 2. The Morgan fingerprint density at radius 2 is 1.62 bits per heavy atom. The first-order valence-corrected chi connectivity index (χ1v) is 15.0. The lowest BCUT2D eigenvalue weighted by Gasteiger charge is -2.38. The summed E-state index contributed by atoms with van der Waals surface area (Å²) in [6.07, 6.45) is 6.88. The number of ketones is 1. The van der Waals surface area contributed by atoms with E-state index in [9.17, 15) is 24.0 Å². The van der Waals surface area contributed by atoms with Crippen LogP contribution in [0.4, 0.5) is 4.79 Å². The number of likely N-dealkylation sites (tertiary alicyclic amines) is 1. The molecule has 1 heterocycles. The van der Waals surface area contributed by atoms with Crippen molar-refractivity contribution in [2.45, 2.75) is 111 Å². The van der Waals surface area contributed by atoms with Crippen LogP contribution < -0.4 is 10.6 Å². The minimum absolute atomic E-state index is 0.0113. The van der Waals surface area contributed by atoms with Crippen LogP contribution in [-0.2, 0) is 28.7 Å². The minimum Gasteiger partial charge on any atom is -0.464 e. The molecule has 2 saturated carbocycles. The molecule has 2 aliphatic carbocycles. The highest BCUT2D eigenvalue weighted by Crippen LogP contribution is 2.43. The number of nitrogens with zero attached hydrogens (tertiary/aromatic N) is 1. The van der Waals surface area contributed by atoms with Crippen molar-refractivity contribution in [1.82, 2.24) is 15.5 Å². The van der Waals surface area contributed by atoms with Crippen LogP contribution in [0.2, 0.25) is 0 Å². The zero-order valence-electron chi connectivity index (χ0n) is 25.1. The molecule has 3 aliphatic rings. The molecule has 40 heavy (non-hydrogen) atoms. The molecule has 0 aromatic rings. The molecule has 10 heteroatoms. The lowest BCUT2D eigenvalue weighted by atomic mass is 9.76. The molecule has 1 saturated heterocycles. The van der Waals surface area contributed by atoms with Crippen molar-refractivity contribution < 1.29 is 33.4 Å². The zero-order chi connectivity index (χ0) is 29.6. The fourth-order valence-corrected chi connectivity index (χ4v) is 6.85. The number of esters is 1. The lowest BCUT2D eigenvalue weighted by molar-refractivity contribution is -0.156. The van der Waals surface area contributed by atoms with Crippen LogP contribution in [0.5, 0.6) is 0 Å². The summed E-state index contributed by atoms with van der Waals surface area (Å²) in [6, 6.07) is -2.31. The fourth-order valence-electron chi connectivity index (χ4n) is 6.85. The van der Waals surface area contributed by atoms with Crippen LogP contribution in [0.3, 0.4) is 0 Å². The van der Waals surface area contributed by atoms with E-state index in [1.54, 1.807) is 18.7 Å². The van der Waals surface area contributed by atoms with Crippen molar-refractivity contribution in [1.29, 1.82) is 0 Å². The highest BCUT2D eigenvalue weighted by Gasteiger charge is 2.52. The molecule has 1 unspecified atom stereocenters. The molecule has 0 aromatic carbocycles. The van der Waals surface area contributed by atoms with Gasteiger partial charge in [-0.05, 0) is 62.7 Å². The molecule has 1 aliphatic heterocycles. The van der Waals surface area contributed by atoms with Crippen molar-refractivity contribution in [3.05, 3.63) is 0 Å². The molecular formula is C30H49N3O7. The normalized spacial score (nSPS) is 25.4. The van der Waals surface area contributed by atoms with Crippen LogP contribution in [-0.4, -0.2) is 72.9 Å². The van der Waals surface area contributed by atoms with Crippen molar-refractivity contribution in [2.24, 2.45) is 29.1 Å². The summed E-state index contributed by atoms with van der Waals surface area (Å²) in [6.45, 7) is 9.76. The average molecular weight is 564 g/mol. The van der Waals surface area contributed by atoms with Gasteiger partial charge in [-0.25, -0.2) is 9.59 Å². The Kier molecular flexibility index (Phi) is 11.0. The van der Waals surface area contributed by atoms with Crippen LogP contribution in [0.15, 0.2) is 0 Å². The Morgan fingerprint density at radius 1 is 0.950 bits per heavy atom. The van der Waals surface area contributed by atoms with E-state index in [4.69, 9.17) is 4.74 Å². The van der Waals surface area contributed by atoms with Crippen LogP contribution in [0.1, 0.15) is 92.4 Å². The Hall–Kier alpha value is -2.65. The Balaban J connectivity index is 1.83. The Morgan fingerprint density at radius 3 is 2.23 bits per heavy atom. The Bertz CT molecular complexity index is 940. The summed E-state index contributed by atoms with van der Waals surface area (Å²) >= 11 is 0. The maximum Gasteiger partial charge on any atom is 0.407 e. The summed E-state index contributed by atoms with van der Waals surface area (Å²) < 4.78 is 10.00. The van der Waals surface area contributed by atoms with Crippen LogP contribution in [0.25, 0.3) is 0 Å². The van der Waals surface area contributed by atoms with Gasteiger partial charge >= 0.3 is 12.1 Å². The number of amides is 3. The monoisotopic (exact) mass is 563 g/mol. The number of fused-ring (bicyclic) bond motifs is 1. The molecule has 3 amide bonds. The smallest absolute Gasteiger partial charge is 0.407 e. The van der Waals surface area contributed by atoms with Crippen LogP contribution >= 0.6 is 0 Å². The van der Waals surface area contributed by atoms with Gasteiger partial charge in [0.15, 0.2) is 5.78 Å². The number of methoxy groups -OCH3 is 1. The molecule has 0 radical (unpaired) electrons. The predicted molar refractivity (Wildman–Crippen MR) is 149 cm³/mol. The largest absolute Gasteiger partial charge is 0.464 e. The van der Waals surface area contributed by atoms with Gasteiger partial charge in [-0.3, -0.25) is 14.4 Å². The second-order valence-electron chi connectivity index (χ2n) is 12.9. The number of hydrogen-bond donors (Lipinski definition) is 2. The first-order chi connectivity index (χ1) is 18.9. The molecule has 2 N–H and O–H groups in total. The number of rotatable bonds is 10. The number of carbonyl (C=O) groups excluding carboxylic acids is 5. The average Bonchev–Trinajstić information content (AvgIpc) is 3.51. The van der Waals surface area contributed by atoms with Gasteiger partial charge in [-0.15, -0.1) is 0 Å². The van der Waals surface area contributed by atoms with E-state index in [0.29, 0.717) is 6.54 Å². The van der Waals surface area contributed by atoms with Crippen molar-refractivity contribution >= 4 is 29.7 Å². The van der Waals surface area contributed by atoms with Crippen LogP contribution in [0, 0.1) is 29.1 Å². The summed E-state index contributed by atoms with van der Waals surface area (Å²) in [5.74, 6) is -1.51. The van der Waals surface area contributed by atoms with Gasteiger partial charge in [-0.2, -0.15) is 0 Å². The topological polar surface area (TPSA) is 131 Å². The minimum atomic E-state index is -0.873. The molecule has 0 aromatic heterocycles. The quantitative estimate of drug-likeness (QED) is 0.388. The molecule has 3 fully saturated rings. The fraction of sp³-hybridized carbons (Fsp3) is 0.833. The first kappa shape index (κ1) is 31.9. The van der Waals surface area contributed by atoms with Gasteiger partial charge in [0.25, 0.3) is 0 Å². The summed E-state index contributed by atoms with van der Waals surface area (Å²) in [4.78, 5) is 67.5. The molecular weight excluding hydrogens is 514 g/mol. The number of ether oxygens (including phenoxy) is 2. The highest BCUT2D eigenvalue weighted by molar-refractivity contribution is 5.95. The summed E-state index contributed by atoms with van der Waals surface area (Å²) in [5.41, 5.74) is -0.634. The third-order valence-corrected chi connectivity index (χ3v) is 9.08. The zero-order valence-corrected chi connectivity index (χ0v) is 25.1. The van der Waals surface area contributed by atoms with Gasteiger partial charge in [-0.1, -0.05) is 46.5 Å². The van der Waals surface area contributed by atoms with Gasteiger partial charge in [0.1, 0.15) is 12.1 Å². The lowest BCUT2D eigenvalue weighted by Crippen LogP contribution is -2.58. The molecule has 3 rings (SSSR count). The molecule has 226 valence electrons. The standard InChI is InChI=1S/C30H49N3O7/c1-7-40-28(37)24-21-15-11-14-20(21)17-33(24)27(36)25(30(3,4)5)32-26(35)22(19-12-9-8-10-13-19)16-23(34)18(2)31-29(38)39-6/h18-22,24-25H,7-17H2,1-6H3,(H,31,38)(H,32,35)/t18-,20+,21+,22+,24?,25-/m1/s1. The second kappa shape index (κ2) is 13.8. The van der Waals surface area contributed by atoms with Gasteiger partial charge in [0.05, 0.1) is 19.8 Å².